The molecule has 1 unspecified atom stereocenters. The van der Waals surface area contributed by atoms with Crippen LogP contribution in [-0.4, -0.2) is 19.9 Å². The van der Waals surface area contributed by atoms with E-state index in [2.05, 4.69) is 10.1 Å². The van der Waals surface area contributed by atoms with Gasteiger partial charge in [0.1, 0.15) is 17.7 Å². The van der Waals surface area contributed by atoms with Gasteiger partial charge in [-0.1, -0.05) is 23.2 Å². The molecule has 0 fully saturated rings. The maximum Gasteiger partial charge on any atom is 0.163 e. The van der Waals surface area contributed by atoms with Gasteiger partial charge in [0.05, 0.1) is 5.02 Å². The summed E-state index contributed by atoms with van der Waals surface area (Å²) in [5.41, 5.74) is -1.38. The van der Waals surface area contributed by atoms with Crippen LogP contribution in [-0.2, 0) is 12.6 Å². The second-order valence-electron chi connectivity index (χ2n) is 4.03. The van der Waals surface area contributed by atoms with Crippen molar-refractivity contribution in [2.45, 2.75) is 12.5 Å². The van der Waals surface area contributed by atoms with E-state index in [1.807, 2.05) is 0 Å². The van der Waals surface area contributed by atoms with Crippen molar-refractivity contribution in [3.8, 4) is 0 Å². The predicted octanol–water partition coefficient (Wildman–Crippen LogP) is 2.52. The van der Waals surface area contributed by atoms with Crippen molar-refractivity contribution in [1.29, 1.82) is 0 Å². The van der Waals surface area contributed by atoms with Crippen LogP contribution in [0.5, 0.6) is 0 Å². The topological polar surface area (TPSA) is 50.9 Å². The fourth-order valence-electron chi connectivity index (χ4n) is 1.75. The van der Waals surface area contributed by atoms with Crippen LogP contribution < -0.4 is 0 Å². The summed E-state index contributed by atoms with van der Waals surface area (Å²) in [5, 5.41) is 14.4. The molecule has 96 valence electrons. The summed E-state index contributed by atoms with van der Waals surface area (Å²) in [7, 11) is 1.62. The molecule has 0 aliphatic rings. The Morgan fingerprint density at radius 3 is 2.56 bits per heavy atom. The number of hydrogen-bond donors (Lipinski definition) is 1. The van der Waals surface area contributed by atoms with Crippen LogP contribution in [0.2, 0.25) is 10.0 Å². The summed E-state index contributed by atoms with van der Waals surface area (Å²) >= 11 is 11.6. The normalized spacial score (nSPS) is 14.6. The molecule has 0 saturated carbocycles. The van der Waals surface area contributed by atoms with Crippen LogP contribution in [0.4, 0.5) is 4.39 Å². The zero-order chi connectivity index (χ0) is 13.5. The molecule has 18 heavy (non-hydrogen) atoms. The molecule has 1 atom stereocenters. The van der Waals surface area contributed by atoms with E-state index in [-0.39, 0.29) is 21.4 Å². The van der Waals surface area contributed by atoms with Crippen LogP contribution >= 0.6 is 23.2 Å². The van der Waals surface area contributed by atoms with Crippen molar-refractivity contribution in [2.75, 3.05) is 0 Å². The van der Waals surface area contributed by atoms with Crippen LogP contribution in [0.1, 0.15) is 18.3 Å². The molecular weight excluding hydrogens is 280 g/mol. The molecule has 1 heterocycles. The number of nitrogens with zero attached hydrogens (tertiary/aromatic N) is 3. The standard InChI is InChI=1S/C11H10Cl2FN3O/c1-11(18,10-15-5-16-17(10)2)6-3-9(14)8(13)4-7(6)12/h3-5,18H,1-2H3. The Morgan fingerprint density at radius 1 is 1.33 bits per heavy atom. The van der Waals surface area contributed by atoms with E-state index in [0.717, 1.165) is 6.07 Å². The van der Waals surface area contributed by atoms with Gasteiger partial charge in [0, 0.05) is 17.6 Å². The SMILES string of the molecule is Cn1ncnc1C(C)(O)c1cc(F)c(Cl)cc1Cl. The first kappa shape index (κ1) is 13.3. The van der Waals surface area contributed by atoms with Crippen molar-refractivity contribution in [1.82, 2.24) is 14.8 Å². The maximum absolute atomic E-state index is 13.5. The van der Waals surface area contributed by atoms with E-state index >= 15 is 0 Å². The van der Waals surface area contributed by atoms with Gasteiger partial charge in [-0.25, -0.2) is 9.37 Å². The first-order valence-electron chi connectivity index (χ1n) is 5.06. The summed E-state index contributed by atoms with van der Waals surface area (Å²) in [6.07, 6.45) is 1.30. The van der Waals surface area contributed by atoms with Crippen molar-refractivity contribution >= 4 is 23.2 Å². The molecule has 0 aliphatic carbocycles. The van der Waals surface area contributed by atoms with Crippen molar-refractivity contribution in [2.24, 2.45) is 7.05 Å². The van der Waals surface area contributed by atoms with Crippen molar-refractivity contribution < 1.29 is 9.50 Å². The Kier molecular flexibility index (Phi) is 3.31. The summed E-state index contributed by atoms with van der Waals surface area (Å²) in [6.45, 7) is 1.46. The molecule has 0 saturated heterocycles. The van der Waals surface area contributed by atoms with E-state index in [1.54, 1.807) is 7.05 Å². The molecular formula is C11H10Cl2FN3O. The average molecular weight is 290 g/mol. The molecule has 0 amide bonds. The van der Waals surface area contributed by atoms with E-state index < -0.39 is 11.4 Å². The largest absolute Gasteiger partial charge is 0.377 e. The molecule has 0 spiro atoms. The van der Waals surface area contributed by atoms with Crippen LogP contribution in [0.15, 0.2) is 18.5 Å². The number of halogens is 3. The third-order valence-corrected chi connectivity index (χ3v) is 3.28. The van der Waals surface area contributed by atoms with Gasteiger partial charge in [0.2, 0.25) is 0 Å². The number of rotatable bonds is 2. The highest BCUT2D eigenvalue weighted by molar-refractivity contribution is 6.35. The summed E-state index contributed by atoms with van der Waals surface area (Å²) in [5.74, 6) is -0.398. The van der Waals surface area contributed by atoms with Gasteiger partial charge in [-0.05, 0) is 19.1 Å². The molecule has 1 N–H and O–H groups in total. The first-order valence-corrected chi connectivity index (χ1v) is 5.81. The molecule has 0 bridgehead atoms. The number of aliphatic hydroxyl groups is 1. The van der Waals surface area contributed by atoms with Gasteiger partial charge < -0.3 is 5.11 Å². The Hall–Kier alpha value is -1.17. The van der Waals surface area contributed by atoms with E-state index in [0.29, 0.717) is 0 Å². The minimum atomic E-state index is -1.56. The van der Waals surface area contributed by atoms with Gasteiger partial charge in [-0.2, -0.15) is 5.10 Å². The van der Waals surface area contributed by atoms with E-state index in [1.165, 1.54) is 24.0 Å². The molecule has 1 aromatic carbocycles. The molecule has 7 heteroatoms. The number of aromatic nitrogens is 3. The molecule has 4 nitrogen and oxygen atoms in total. The van der Waals surface area contributed by atoms with Gasteiger partial charge in [-0.15, -0.1) is 0 Å². The van der Waals surface area contributed by atoms with Gasteiger partial charge in [0.25, 0.3) is 0 Å². The second kappa shape index (κ2) is 4.50. The van der Waals surface area contributed by atoms with Crippen molar-refractivity contribution in [3.05, 3.63) is 45.7 Å². The molecule has 2 aromatic rings. The van der Waals surface area contributed by atoms with Crippen molar-refractivity contribution in [3.63, 3.8) is 0 Å². The second-order valence-corrected chi connectivity index (χ2v) is 4.84. The lowest BCUT2D eigenvalue weighted by Crippen LogP contribution is -2.27. The first-order chi connectivity index (χ1) is 8.34. The number of benzene rings is 1. The molecule has 0 aliphatic heterocycles. The van der Waals surface area contributed by atoms with Gasteiger partial charge in [-0.3, -0.25) is 4.68 Å². The molecule has 0 radical (unpaired) electrons. The lowest BCUT2D eigenvalue weighted by molar-refractivity contribution is 0.0877. The average Bonchev–Trinajstić information content (AvgIpc) is 2.70. The Balaban J connectivity index is 2.61. The van der Waals surface area contributed by atoms with Gasteiger partial charge >= 0.3 is 0 Å². The lowest BCUT2D eigenvalue weighted by Gasteiger charge is -2.24. The fourth-order valence-corrected chi connectivity index (χ4v) is 2.32. The summed E-state index contributed by atoms with van der Waals surface area (Å²) < 4.78 is 14.9. The van der Waals surface area contributed by atoms with Crippen LogP contribution in [0.3, 0.4) is 0 Å². The minimum absolute atomic E-state index is 0.0995. The third kappa shape index (κ3) is 2.09. The monoisotopic (exact) mass is 289 g/mol. The van der Waals surface area contributed by atoms with E-state index in [9.17, 15) is 9.50 Å². The highest BCUT2D eigenvalue weighted by Crippen LogP contribution is 2.35. The van der Waals surface area contributed by atoms with Gasteiger partial charge in [0.15, 0.2) is 5.82 Å². The predicted molar refractivity (Wildman–Crippen MR) is 66.1 cm³/mol. The Labute approximate surface area is 113 Å². The highest BCUT2D eigenvalue weighted by Gasteiger charge is 2.33. The number of aryl methyl sites for hydroxylation is 1. The Morgan fingerprint density at radius 2 is 2.00 bits per heavy atom. The minimum Gasteiger partial charge on any atom is -0.377 e. The number of hydrogen-bond acceptors (Lipinski definition) is 3. The highest BCUT2D eigenvalue weighted by atomic mass is 35.5. The van der Waals surface area contributed by atoms with Crippen LogP contribution in [0.25, 0.3) is 0 Å². The smallest absolute Gasteiger partial charge is 0.163 e. The quantitative estimate of drug-likeness (QED) is 0.865. The Bertz CT molecular complexity index is 598. The fraction of sp³-hybridized carbons (Fsp3) is 0.273. The summed E-state index contributed by atoms with van der Waals surface area (Å²) in [4.78, 5) is 3.94. The van der Waals surface area contributed by atoms with E-state index in [4.69, 9.17) is 23.2 Å². The molecule has 2 rings (SSSR count). The maximum atomic E-state index is 13.5. The zero-order valence-electron chi connectivity index (χ0n) is 9.65. The molecule has 1 aromatic heterocycles. The zero-order valence-corrected chi connectivity index (χ0v) is 11.2. The lowest BCUT2D eigenvalue weighted by atomic mass is 9.95. The van der Waals surface area contributed by atoms with Crippen LogP contribution in [0, 0.1) is 5.82 Å². The summed E-state index contributed by atoms with van der Waals surface area (Å²) in [6, 6.07) is 2.35. The third-order valence-electron chi connectivity index (χ3n) is 2.68.